The molecule has 1 aromatic heterocycles. The monoisotopic (exact) mass is 296 g/mol. The molecular weight excluding hydrogens is 272 g/mol. The smallest absolute Gasteiger partial charge is 0.358 e. The summed E-state index contributed by atoms with van der Waals surface area (Å²) in [5, 5.41) is 4.22. The lowest BCUT2D eigenvalue weighted by Gasteiger charge is -2.26. The molecule has 1 aromatic rings. The Kier molecular flexibility index (Phi) is 5.40. The standard InChI is InChI=1S/C15H24N2O2S/c1-4-19-14(18)13-11(3)20-15(17-13)16-9-12-7-5-10(2)6-8-12/h10,12H,4-9H2,1-3H3,(H,16,17). The number of aromatic nitrogens is 1. The Morgan fingerprint density at radius 1 is 1.40 bits per heavy atom. The summed E-state index contributed by atoms with van der Waals surface area (Å²) >= 11 is 1.53. The van der Waals surface area contributed by atoms with Gasteiger partial charge < -0.3 is 10.1 Å². The van der Waals surface area contributed by atoms with Crippen LogP contribution in [0.2, 0.25) is 0 Å². The first-order valence-corrected chi connectivity index (χ1v) is 8.30. The Bertz CT molecular complexity index is 451. The number of carbonyl (C=O) groups is 1. The first-order valence-electron chi connectivity index (χ1n) is 7.48. The van der Waals surface area contributed by atoms with E-state index in [0.717, 1.165) is 28.4 Å². The predicted octanol–water partition coefficient (Wildman–Crippen LogP) is 3.87. The zero-order chi connectivity index (χ0) is 14.5. The van der Waals surface area contributed by atoms with Crippen LogP contribution in [0.3, 0.4) is 0 Å². The number of hydrogen-bond acceptors (Lipinski definition) is 5. The number of carbonyl (C=O) groups excluding carboxylic acids is 1. The zero-order valence-corrected chi connectivity index (χ0v) is 13.4. The average Bonchev–Trinajstić information content (AvgIpc) is 2.80. The number of esters is 1. The van der Waals surface area contributed by atoms with E-state index in [1.54, 1.807) is 0 Å². The number of nitrogens with one attached hydrogen (secondary N) is 1. The molecule has 20 heavy (non-hydrogen) atoms. The van der Waals surface area contributed by atoms with Crippen LogP contribution in [0.4, 0.5) is 5.13 Å². The Hall–Kier alpha value is -1.10. The van der Waals surface area contributed by atoms with Crippen molar-refractivity contribution in [1.82, 2.24) is 4.98 Å². The molecule has 1 N–H and O–H groups in total. The summed E-state index contributed by atoms with van der Waals surface area (Å²) in [7, 11) is 0. The zero-order valence-electron chi connectivity index (χ0n) is 12.6. The third kappa shape index (κ3) is 3.95. The summed E-state index contributed by atoms with van der Waals surface area (Å²) in [6.07, 6.45) is 5.25. The molecular formula is C15H24N2O2S. The van der Waals surface area contributed by atoms with Crippen LogP contribution in [0.25, 0.3) is 0 Å². The Morgan fingerprint density at radius 2 is 2.10 bits per heavy atom. The maximum absolute atomic E-state index is 11.7. The molecule has 0 bridgehead atoms. The van der Waals surface area contributed by atoms with Gasteiger partial charge in [0.05, 0.1) is 6.61 Å². The largest absolute Gasteiger partial charge is 0.461 e. The third-order valence-electron chi connectivity index (χ3n) is 3.94. The van der Waals surface area contributed by atoms with Crippen LogP contribution in [0, 0.1) is 18.8 Å². The van der Waals surface area contributed by atoms with Gasteiger partial charge in [-0.3, -0.25) is 0 Å². The molecule has 1 heterocycles. The van der Waals surface area contributed by atoms with Crippen molar-refractivity contribution in [2.75, 3.05) is 18.5 Å². The summed E-state index contributed by atoms with van der Waals surface area (Å²) in [6.45, 7) is 7.40. The van der Waals surface area contributed by atoms with Gasteiger partial charge in [0.2, 0.25) is 0 Å². The Morgan fingerprint density at radius 3 is 2.75 bits per heavy atom. The molecule has 0 unspecified atom stereocenters. The van der Waals surface area contributed by atoms with Crippen LogP contribution >= 0.6 is 11.3 Å². The second-order valence-corrected chi connectivity index (χ2v) is 6.85. The summed E-state index contributed by atoms with van der Waals surface area (Å²) in [5.41, 5.74) is 0.455. The van der Waals surface area contributed by atoms with Gasteiger partial charge in [-0.25, -0.2) is 9.78 Å². The lowest BCUT2D eigenvalue weighted by Crippen LogP contribution is -2.20. The van der Waals surface area contributed by atoms with Gasteiger partial charge in [-0.2, -0.15) is 0 Å². The number of ether oxygens (including phenoxy) is 1. The molecule has 0 amide bonds. The summed E-state index contributed by atoms with van der Waals surface area (Å²) in [4.78, 5) is 17.0. The second-order valence-electron chi connectivity index (χ2n) is 5.65. The predicted molar refractivity (Wildman–Crippen MR) is 82.4 cm³/mol. The minimum Gasteiger partial charge on any atom is -0.461 e. The van der Waals surface area contributed by atoms with Crippen LogP contribution in [-0.2, 0) is 4.74 Å². The molecule has 0 spiro atoms. The van der Waals surface area contributed by atoms with Crippen molar-refractivity contribution in [2.24, 2.45) is 11.8 Å². The molecule has 1 saturated carbocycles. The van der Waals surface area contributed by atoms with Crippen molar-refractivity contribution in [1.29, 1.82) is 0 Å². The van der Waals surface area contributed by atoms with Crippen molar-refractivity contribution >= 4 is 22.4 Å². The molecule has 1 aliphatic rings. The van der Waals surface area contributed by atoms with E-state index in [4.69, 9.17) is 4.74 Å². The molecule has 0 radical (unpaired) electrons. The van der Waals surface area contributed by atoms with Crippen molar-refractivity contribution in [3.63, 3.8) is 0 Å². The molecule has 4 nitrogen and oxygen atoms in total. The normalized spacial score (nSPS) is 22.6. The highest BCUT2D eigenvalue weighted by atomic mass is 32.1. The fraction of sp³-hybridized carbons (Fsp3) is 0.733. The highest BCUT2D eigenvalue weighted by Gasteiger charge is 2.20. The molecule has 112 valence electrons. The maximum Gasteiger partial charge on any atom is 0.358 e. The van der Waals surface area contributed by atoms with Gasteiger partial charge in [-0.15, -0.1) is 11.3 Å². The van der Waals surface area contributed by atoms with Crippen molar-refractivity contribution in [3.05, 3.63) is 10.6 Å². The first kappa shape index (κ1) is 15.3. The van der Waals surface area contributed by atoms with E-state index in [1.807, 2.05) is 13.8 Å². The van der Waals surface area contributed by atoms with Gasteiger partial charge in [0.15, 0.2) is 10.8 Å². The SMILES string of the molecule is CCOC(=O)c1nc(NCC2CCC(C)CC2)sc1C. The van der Waals surface area contributed by atoms with Crippen LogP contribution in [0.5, 0.6) is 0 Å². The average molecular weight is 296 g/mol. The quantitative estimate of drug-likeness (QED) is 0.838. The van der Waals surface area contributed by atoms with E-state index in [1.165, 1.54) is 37.0 Å². The molecule has 0 aromatic carbocycles. The van der Waals surface area contributed by atoms with Crippen molar-refractivity contribution in [3.8, 4) is 0 Å². The van der Waals surface area contributed by atoms with E-state index in [0.29, 0.717) is 12.3 Å². The molecule has 0 saturated heterocycles. The third-order valence-corrected chi connectivity index (χ3v) is 4.87. The molecule has 5 heteroatoms. The summed E-state index contributed by atoms with van der Waals surface area (Å²) in [5.74, 6) is 1.30. The van der Waals surface area contributed by atoms with Gasteiger partial charge in [-0.1, -0.05) is 19.8 Å². The van der Waals surface area contributed by atoms with E-state index < -0.39 is 0 Å². The number of anilines is 1. The van der Waals surface area contributed by atoms with E-state index in [-0.39, 0.29) is 5.97 Å². The molecule has 0 aliphatic heterocycles. The topological polar surface area (TPSA) is 51.2 Å². The van der Waals surface area contributed by atoms with Gasteiger partial charge in [0.25, 0.3) is 0 Å². The number of hydrogen-bond donors (Lipinski definition) is 1. The minimum absolute atomic E-state index is 0.319. The van der Waals surface area contributed by atoms with E-state index >= 15 is 0 Å². The summed E-state index contributed by atoms with van der Waals surface area (Å²) < 4.78 is 5.01. The van der Waals surface area contributed by atoms with Crippen LogP contribution in [0.15, 0.2) is 0 Å². The molecule has 0 atom stereocenters. The molecule has 2 rings (SSSR count). The lowest BCUT2D eigenvalue weighted by molar-refractivity contribution is 0.0519. The lowest BCUT2D eigenvalue weighted by atomic mass is 9.83. The Balaban J connectivity index is 1.87. The molecule has 1 fully saturated rings. The Labute approximate surface area is 124 Å². The summed E-state index contributed by atoms with van der Waals surface area (Å²) in [6, 6.07) is 0. The fourth-order valence-corrected chi connectivity index (χ4v) is 3.43. The second kappa shape index (κ2) is 7.07. The number of thiazole rings is 1. The number of aryl methyl sites for hydroxylation is 1. The van der Waals surface area contributed by atoms with Crippen LogP contribution < -0.4 is 5.32 Å². The van der Waals surface area contributed by atoms with Gasteiger partial charge in [0, 0.05) is 11.4 Å². The first-order chi connectivity index (χ1) is 9.60. The van der Waals surface area contributed by atoms with Gasteiger partial charge in [0.1, 0.15) is 0 Å². The van der Waals surface area contributed by atoms with Crippen molar-refractivity contribution in [2.45, 2.75) is 46.5 Å². The van der Waals surface area contributed by atoms with Crippen LogP contribution in [-0.4, -0.2) is 24.1 Å². The fourth-order valence-electron chi connectivity index (χ4n) is 2.63. The highest BCUT2D eigenvalue weighted by Crippen LogP contribution is 2.29. The molecule has 1 aliphatic carbocycles. The minimum atomic E-state index is -0.319. The van der Waals surface area contributed by atoms with Crippen molar-refractivity contribution < 1.29 is 9.53 Å². The van der Waals surface area contributed by atoms with Gasteiger partial charge in [-0.05, 0) is 38.5 Å². The maximum atomic E-state index is 11.7. The highest BCUT2D eigenvalue weighted by molar-refractivity contribution is 7.15. The van der Waals surface area contributed by atoms with Gasteiger partial charge >= 0.3 is 5.97 Å². The number of nitrogens with zero attached hydrogens (tertiary/aromatic N) is 1. The number of rotatable bonds is 5. The van der Waals surface area contributed by atoms with E-state index in [2.05, 4.69) is 17.2 Å². The van der Waals surface area contributed by atoms with E-state index in [9.17, 15) is 4.79 Å². The van der Waals surface area contributed by atoms with Crippen LogP contribution in [0.1, 0.15) is 54.9 Å².